The van der Waals surface area contributed by atoms with E-state index >= 15 is 0 Å². The van der Waals surface area contributed by atoms with Crippen LogP contribution in [-0.2, 0) is 21.1 Å². The summed E-state index contributed by atoms with van der Waals surface area (Å²) in [7, 11) is -3.04. The summed E-state index contributed by atoms with van der Waals surface area (Å²) in [5.41, 5.74) is 1.21. The van der Waals surface area contributed by atoms with E-state index in [1.54, 1.807) is 22.7 Å². The molecule has 0 bridgehead atoms. The Balaban J connectivity index is 1.69. The van der Waals surface area contributed by atoms with Crippen LogP contribution in [0.2, 0.25) is 0 Å². The first-order valence-electron chi connectivity index (χ1n) is 7.66. The van der Waals surface area contributed by atoms with Crippen molar-refractivity contribution in [1.82, 2.24) is 4.90 Å². The zero-order valence-corrected chi connectivity index (χ0v) is 14.9. The van der Waals surface area contributed by atoms with E-state index < -0.39 is 9.84 Å². The predicted octanol–water partition coefficient (Wildman–Crippen LogP) is 2.72. The van der Waals surface area contributed by atoms with Gasteiger partial charge in [0, 0.05) is 16.3 Å². The maximum atomic E-state index is 13.0. The molecule has 2 aromatic rings. The van der Waals surface area contributed by atoms with Crippen molar-refractivity contribution in [3.05, 3.63) is 44.3 Å². The van der Waals surface area contributed by atoms with Gasteiger partial charge in [-0.2, -0.15) is 0 Å². The molecule has 0 aliphatic carbocycles. The molecular weight excluding hydrogens is 350 g/mol. The normalized spacial score (nSPS) is 26.2. The number of amides is 1. The second-order valence-electron chi connectivity index (χ2n) is 6.10. The molecule has 0 saturated carbocycles. The Kier molecular flexibility index (Phi) is 3.82. The van der Waals surface area contributed by atoms with Crippen molar-refractivity contribution in [2.45, 2.75) is 18.9 Å². The number of carbonyl (C=O) groups excluding carboxylic acids is 1. The number of nitrogens with zero attached hydrogens (tertiary/aromatic N) is 1. The third kappa shape index (κ3) is 2.75. The zero-order chi connectivity index (χ0) is 16.0. The van der Waals surface area contributed by atoms with Gasteiger partial charge in [-0.25, -0.2) is 8.42 Å². The average molecular weight is 368 g/mol. The molecule has 23 heavy (non-hydrogen) atoms. The molecule has 2 aliphatic heterocycles. The van der Waals surface area contributed by atoms with Gasteiger partial charge in [0.15, 0.2) is 9.84 Å². The minimum atomic E-state index is -3.04. The van der Waals surface area contributed by atoms with Crippen molar-refractivity contribution in [3.8, 4) is 0 Å². The fourth-order valence-corrected chi connectivity index (χ4v) is 7.02. The zero-order valence-electron chi connectivity index (χ0n) is 12.5. The molecule has 0 radical (unpaired) electrons. The van der Waals surface area contributed by atoms with Gasteiger partial charge in [-0.15, -0.1) is 22.7 Å². The molecular formula is C16H17NO3S3. The molecule has 1 fully saturated rings. The van der Waals surface area contributed by atoms with E-state index in [4.69, 9.17) is 0 Å². The largest absolute Gasteiger partial charge is 0.330 e. The van der Waals surface area contributed by atoms with Gasteiger partial charge in [0.2, 0.25) is 5.91 Å². The van der Waals surface area contributed by atoms with Crippen LogP contribution in [-0.4, -0.2) is 37.3 Å². The Hall–Kier alpha value is -1.18. The molecule has 4 rings (SSSR count). The first-order valence-corrected chi connectivity index (χ1v) is 11.2. The lowest BCUT2D eigenvalue weighted by Gasteiger charge is -2.36. The predicted molar refractivity (Wildman–Crippen MR) is 92.7 cm³/mol. The standard InChI is InChI=1S/C16H17NO3S3/c18-16(11-5-9-23(19,20)10-11)17-6-3-13-12(4-8-22-13)15(17)14-2-1-7-21-14/h1-2,4,7-8,11,15H,3,5-6,9-10H2/t11-,15-/m0/s1. The fourth-order valence-electron chi connectivity index (χ4n) is 3.53. The van der Waals surface area contributed by atoms with E-state index in [1.807, 2.05) is 16.3 Å². The van der Waals surface area contributed by atoms with E-state index in [0.29, 0.717) is 13.0 Å². The number of carbonyl (C=O) groups is 1. The quantitative estimate of drug-likeness (QED) is 0.820. The summed E-state index contributed by atoms with van der Waals surface area (Å²) < 4.78 is 23.5. The highest BCUT2D eigenvalue weighted by molar-refractivity contribution is 7.91. The summed E-state index contributed by atoms with van der Waals surface area (Å²) in [6.45, 7) is 0.672. The van der Waals surface area contributed by atoms with Gasteiger partial charge in [0.25, 0.3) is 0 Å². The molecule has 0 N–H and O–H groups in total. The summed E-state index contributed by atoms with van der Waals surface area (Å²) in [6.07, 6.45) is 1.32. The Morgan fingerprint density at radius 3 is 2.78 bits per heavy atom. The van der Waals surface area contributed by atoms with Gasteiger partial charge in [-0.3, -0.25) is 4.79 Å². The monoisotopic (exact) mass is 367 g/mol. The summed E-state index contributed by atoms with van der Waals surface area (Å²) in [6, 6.07) is 6.12. The smallest absolute Gasteiger partial charge is 0.227 e. The maximum absolute atomic E-state index is 13.0. The number of thiophene rings is 2. The number of sulfone groups is 1. The highest BCUT2D eigenvalue weighted by atomic mass is 32.2. The third-order valence-corrected chi connectivity index (χ3v) is 8.33. The van der Waals surface area contributed by atoms with Gasteiger partial charge in [0.05, 0.1) is 23.5 Å². The molecule has 0 unspecified atom stereocenters. The van der Waals surface area contributed by atoms with E-state index in [2.05, 4.69) is 17.5 Å². The minimum Gasteiger partial charge on any atom is -0.330 e. The topological polar surface area (TPSA) is 54.5 Å². The molecule has 0 spiro atoms. The first kappa shape index (κ1) is 15.4. The van der Waals surface area contributed by atoms with Gasteiger partial charge < -0.3 is 4.90 Å². The van der Waals surface area contributed by atoms with Crippen LogP contribution in [0.25, 0.3) is 0 Å². The molecule has 4 nitrogen and oxygen atoms in total. The third-order valence-electron chi connectivity index (χ3n) is 4.64. The number of fused-ring (bicyclic) bond motifs is 1. The van der Waals surface area contributed by atoms with E-state index in [1.165, 1.54) is 10.4 Å². The minimum absolute atomic E-state index is 0.00123. The second kappa shape index (κ2) is 5.72. The van der Waals surface area contributed by atoms with Crippen LogP contribution in [0.15, 0.2) is 29.0 Å². The molecule has 0 aromatic carbocycles. The lowest BCUT2D eigenvalue weighted by Crippen LogP contribution is -2.43. The fraction of sp³-hybridized carbons (Fsp3) is 0.438. The van der Waals surface area contributed by atoms with Crippen molar-refractivity contribution < 1.29 is 13.2 Å². The van der Waals surface area contributed by atoms with Gasteiger partial charge in [-0.1, -0.05) is 6.07 Å². The Morgan fingerprint density at radius 2 is 2.09 bits per heavy atom. The summed E-state index contributed by atoms with van der Waals surface area (Å²) >= 11 is 3.40. The van der Waals surface area contributed by atoms with Crippen LogP contribution in [0.5, 0.6) is 0 Å². The van der Waals surface area contributed by atoms with Gasteiger partial charge >= 0.3 is 0 Å². The van der Waals surface area contributed by atoms with Crippen molar-refractivity contribution in [2.24, 2.45) is 5.92 Å². The lowest BCUT2D eigenvalue weighted by molar-refractivity contribution is -0.136. The SMILES string of the molecule is O=C([C@H]1CCS(=O)(=O)C1)N1CCc2sccc2[C@H]1c1cccs1. The number of hydrogen-bond acceptors (Lipinski definition) is 5. The van der Waals surface area contributed by atoms with Crippen LogP contribution in [0, 0.1) is 5.92 Å². The van der Waals surface area contributed by atoms with Crippen LogP contribution in [0.3, 0.4) is 0 Å². The highest BCUT2D eigenvalue weighted by Gasteiger charge is 2.40. The highest BCUT2D eigenvalue weighted by Crippen LogP contribution is 2.40. The summed E-state index contributed by atoms with van der Waals surface area (Å²) in [5, 5.41) is 4.11. The van der Waals surface area contributed by atoms with Crippen LogP contribution < -0.4 is 0 Å². The molecule has 2 aliphatic rings. The molecule has 2 aromatic heterocycles. The van der Waals surface area contributed by atoms with Crippen molar-refractivity contribution >= 4 is 38.4 Å². The van der Waals surface area contributed by atoms with Crippen molar-refractivity contribution in [3.63, 3.8) is 0 Å². The van der Waals surface area contributed by atoms with E-state index in [-0.39, 0.29) is 29.4 Å². The maximum Gasteiger partial charge on any atom is 0.227 e. The lowest BCUT2D eigenvalue weighted by atomic mass is 9.96. The van der Waals surface area contributed by atoms with E-state index in [0.717, 1.165) is 11.3 Å². The molecule has 122 valence electrons. The van der Waals surface area contributed by atoms with Crippen molar-refractivity contribution in [2.75, 3.05) is 18.1 Å². The van der Waals surface area contributed by atoms with Crippen LogP contribution in [0.4, 0.5) is 0 Å². The average Bonchev–Trinajstić information content (AvgIpc) is 3.25. The molecule has 1 saturated heterocycles. The Morgan fingerprint density at radius 1 is 1.22 bits per heavy atom. The van der Waals surface area contributed by atoms with Gasteiger partial charge in [0.1, 0.15) is 0 Å². The molecule has 4 heterocycles. The molecule has 7 heteroatoms. The second-order valence-corrected chi connectivity index (χ2v) is 10.3. The summed E-state index contributed by atoms with van der Waals surface area (Å²) in [4.78, 5) is 17.4. The van der Waals surface area contributed by atoms with Crippen LogP contribution in [0.1, 0.15) is 27.8 Å². The Bertz CT molecular complexity index is 823. The molecule has 2 atom stereocenters. The first-order chi connectivity index (χ1) is 11.1. The van der Waals surface area contributed by atoms with Gasteiger partial charge in [-0.05, 0) is 41.3 Å². The number of hydrogen-bond donors (Lipinski definition) is 0. The number of rotatable bonds is 2. The van der Waals surface area contributed by atoms with Crippen molar-refractivity contribution in [1.29, 1.82) is 0 Å². The van der Waals surface area contributed by atoms with E-state index in [9.17, 15) is 13.2 Å². The van der Waals surface area contributed by atoms with Crippen LogP contribution >= 0.6 is 22.7 Å². The summed E-state index contributed by atoms with van der Waals surface area (Å²) in [5.74, 6) is -0.218. The molecule has 1 amide bonds. The Labute approximate surface area is 143 Å².